The predicted molar refractivity (Wildman–Crippen MR) is 105 cm³/mol. The molecule has 0 fully saturated rings. The Kier molecular flexibility index (Phi) is 6.78. The first-order chi connectivity index (χ1) is 12.4. The Morgan fingerprint density at radius 1 is 0.692 bits per heavy atom. The molecular formula is C22H30O4. The van der Waals surface area contributed by atoms with Crippen molar-refractivity contribution in [3.63, 3.8) is 0 Å². The molecule has 0 amide bonds. The first-order valence-corrected chi connectivity index (χ1v) is 8.88. The number of hydrogen-bond donors (Lipinski definition) is 0. The fraction of sp³-hybridized carbons (Fsp3) is 0.455. The van der Waals surface area contributed by atoms with Gasteiger partial charge in [-0.15, -0.1) is 0 Å². The first-order valence-electron chi connectivity index (χ1n) is 8.88. The summed E-state index contributed by atoms with van der Waals surface area (Å²) in [4.78, 5) is 0. The number of hydrogen-bond acceptors (Lipinski definition) is 4. The molecule has 0 radical (unpaired) electrons. The highest BCUT2D eigenvalue weighted by atomic mass is 16.5. The summed E-state index contributed by atoms with van der Waals surface area (Å²) in [7, 11) is 6.66. The lowest BCUT2D eigenvalue weighted by atomic mass is 9.79. The van der Waals surface area contributed by atoms with Crippen LogP contribution in [0.25, 0.3) is 0 Å². The molecule has 26 heavy (non-hydrogen) atoms. The van der Waals surface area contributed by atoms with Crippen LogP contribution in [-0.4, -0.2) is 28.4 Å². The van der Waals surface area contributed by atoms with Gasteiger partial charge >= 0.3 is 0 Å². The Labute approximate surface area is 157 Å². The van der Waals surface area contributed by atoms with Crippen LogP contribution in [0.1, 0.15) is 37.8 Å². The average Bonchev–Trinajstić information content (AvgIpc) is 2.66. The van der Waals surface area contributed by atoms with Crippen LogP contribution in [-0.2, 0) is 11.8 Å². The van der Waals surface area contributed by atoms with E-state index in [9.17, 15) is 0 Å². The van der Waals surface area contributed by atoms with Gasteiger partial charge in [-0.05, 0) is 60.1 Å². The van der Waals surface area contributed by atoms with Gasteiger partial charge < -0.3 is 18.9 Å². The Bertz CT molecular complexity index is 722. The van der Waals surface area contributed by atoms with Gasteiger partial charge in [0.25, 0.3) is 0 Å². The second-order valence-corrected chi connectivity index (χ2v) is 7.00. The van der Waals surface area contributed by atoms with Gasteiger partial charge in [-0.2, -0.15) is 0 Å². The maximum atomic E-state index is 5.44. The molecule has 4 heteroatoms. The van der Waals surface area contributed by atoms with E-state index in [1.54, 1.807) is 28.4 Å². The van der Waals surface area contributed by atoms with E-state index in [2.05, 4.69) is 38.1 Å². The van der Waals surface area contributed by atoms with Gasteiger partial charge in [0.1, 0.15) is 0 Å². The molecule has 2 aromatic rings. The predicted octanol–water partition coefficient (Wildman–Crippen LogP) is 5.02. The second-order valence-electron chi connectivity index (χ2n) is 7.00. The minimum Gasteiger partial charge on any atom is -0.493 e. The summed E-state index contributed by atoms with van der Waals surface area (Å²) in [6.07, 6.45) is 3.14. The smallest absolute Gasteiger partial charge is 0.161 e. The van der Waals surface area contributed by atoms with Crippen molar-refractivity contribution in [3.8, 4) is 23.0 Å². The summed E-state index contributed by atoms with van der Waals surface area (Å²) in [5.41, 5.74) is 2.56. The summed E-state index contributed by atoms with van der Waals surface area (Å²) in [5, 5.41) is 0. The van der Waals surface area contributed by atoms with Crippen LogP contribution in [0.2, 0.25) is 0 Å². The summed E-state index contributed by atoms with van der Waals surface area (Å²) in [6, 6.07) is 12.3. The van der Waals surface area contributed by atoms with Crippen molar-refractivity contribution >= 4 is 0 Å². The molecule has 0 heterocycles. The molecule has 0 N–H and O–H groups in total. The van der Waals surface area contributed by atoms with Gasteiger partial charge in [0.05, 0.1) is 28.4 Å². The van der Waals surface area contributed by atoms with Gasteiger partial charge in [0, 0.05) is 0 Å². The zero-order valence-electron chi connectivity index (χ0n) is 16.7. The number of aryl methyl sites for hydroxylation is 1. The average molecular weight is 358 g/mol. The Morgan fingerprint density at radius 3 is 1.81 bits per heavy atom. The van der Waals surface area contributed by atoms with E-state index in [1.165, 1.54) is 11.1 Å². The van der Waals surface area contributed by atoms with E-state index in [0.717, 1.165) is 42.3 Å². The summed E-state index contributed by atoms with van der Waals surface area (Å²) < 4.78 is 21.5. The molecule has 0 aliphatic heterocycles. The first kappa shape index (κ1) is 20.0. The lowest BCUT2D eigenvalue weighted by molar-refractivity contribution is 0.352. The molecule has 0 bridgehead atoms. The van der Waals surface area contributed by atoms with E-state index in [4.69, 9.17) is 18.9 Å². The zero-order valence-corrected chi connectivity index (χ0v) is 16.7. The third-order valence-corrected chi connectivity index (χ3v) is 4.88. The van der Waals surface area contributed by atoms with E-state index < -0.39 is 0 Å². The summed E-state index contributed by atoms with van der Waals surface area (Å²) >= 11 is 0. The van der Waals surface area contributed by atoms with E-state index in [1.807, 2.05) is 12.1 Å². The monoisotopic (exact) mass is 358 g/mol. The molecule has 0 aliphatic rings. The summed E-state index contributed by atoms with van der Waals surface area (Å²) in [6.45, 7) is 4.53. The SMILES string of the molecule is COc1ccc(CCCC(C)(C)c2ccc(OC)c(OC)c2)cc1OC. The Hall–Kier alpha value is -2.36. The molecule has 0 aliphatic carbocycles. The van der Waals surface area contributed by atoms with Crippen molar-refractivity contribution in [2.24, 2.45) is 0 Å². The van der Waals surface area contributed by atoms with Crippen LogP contribution in [0.5, 0.6) is 23.0 Å². The summed E-state index contributed by atoms with van der Waals surface area (Å²) in [5.74, 6) is 3.08. The highest BCUT2D eigenvalue weighted by Gasteiger charge is 2.22. The maximum absolute atomic E-state index is 5.44. The van der Waals surface area contributed by atoms with Gasteiger partial charge in [-0.25, -0.2) is 0 Å². The third kappa shape index (κ3) is 4.63. The molecule has 0 spiro atoms. The number of ether oxygens (including phenoxy) is 4. The fourth-order valence-corrected chi connectivity index (χ4v) is 3.17. The van der Waals surface area contributed by atoms with Gasteiger partial charge in [0.2, 0.25) is 0 Å². The van der Waals surface area contributed by atoms with E-state index in [0.29, 0.717) is 0 Å². The topological polar surface area (TPSA) is 36.9 Å². The fourth-order valence-electron chi connectivity index (χ4n) is 3.17. The molecule has 0 saturated carbocycles. The molecule has 0 saturated heterocycles. The van der Waals surface area contributed by atoms with Crippen molar-refractivity contribution in [3.05, 3.63) is 47.5 Å². The third-order valence-electron chi connectivity index (χ3n) is 4.88. The Morgan fingerprint density at radius 2 is 1.23 bits per heavy atom. The molecule has 0 aromatic heterocycles. The normalized spacial score (nSPS) is 11.2. The van der Waals surface area contributed by atoms with Crippen LogP contribution in [0.15, 0.2) is 36.4 Å². The quantitative estimate of drug-likeness (QED) is 0.630. The second kappa shape index (κ2) is 8.84. The standard InChI is InChI=1S/C22H30O4/c1-22(2,17-10-12-19(24-4)21(15-17)26-6)13-7-8-16-9-11-18(23-3)20(14-16)25-5/h9-12,14-15H,7-8,13H2,1-6H3. The number of methoxy groups -OCH3 is 4. The molecule has 142 valence electrons. The van der Waals surface area contributed by atoms with Crippen LogP contribution in [0.4, 0.5) is 0 Å². The molecule has 2 rings (SSSR count). The number of rotatable bonds is 9. The minimum absolute atomic E-state index is 0.0517. The van der Waals surface area contributed by atoms with Crippen LogP contribution < -0.4 is 18.9 Å². The molecule has 2 aromatic carbocycles. The lowest BCUT2D eigenvalue weighted by Crippen LogP contribution is -2.17. The van der Waals surface area contributed by atoms with Crippen molar-refractivity contribution in [2.45, 2.75) is 38.5 Å². The highest BCUT2D eigenvalue weighted by molar-refractivity contribution is 5.45. The van der Waals surface area contributed by atoms with Crippen molar-refractivity contribution in [1.82, 2.24) is 0 Å². The highest BCUT2D eigenvalue weighted by Crippen LogP contribution is 2.36. The largest absolute Gasteiger partial charge is 0.493 e. The molecule has 4 nitrogen and oxygen atoms in total. The van der Waals surface area contributed by atoms with Crippen LogP contribution in [0, 0.1) is 0 Å². The maximum Gasteiger partial charge on any atom is 0.161 e. The van der Waals surface area contributed by atoms with Crippen molar-refractivity contribution < 1.29 is 18.9 Å². The molecule has 0 atom stereocenters. The van der Waals surface area contributed by atoms with Crippen LogP contribution in [0.3, 0.4) is 0 Å². The van der Waals surface area contributed by atoms with Crippen molar-refractivity contribution in [2.75, 3.05) is 28.4 Å². The minimum atomic E-state index is 0.0517. The van der Waals surface area contributed by atoms with Crippen LogP contribution >= 0.6 is 0 Å². The Balaban J connectivity index is 2.04. The molecular weight excluding hydrogens is 328 g/mol. The van der Waals surface area contributed by atoms with Crippen molar-refractivity contribution in [1.29, 1.82) is 0 Å². The van der Waals surface area contributed by atoms with Gasteiger partial charge in [-0.1, -0.05) is 26.0 Å². The van der Waals surface area contributed by atoms with E-state index >= 15 is 0 Å². The van der Waals surface area contributed by atoms with Gasteiger partial charge in [0.15, 0.2) is 23.0 Å². The molecule has 0 unspecified atom stereocenters. The van der Waals surface area contributed by atoms with E-state index in [-0.39, 0.29) is 5.41 Å². The zero-order chi connectivity index (χ0) is 19.2. The number of benzene rings is 2. The van der Waals surface area contributed by atoms with Gasteiger partial charge in [-0.3, -0.25) is 0 Å². The lowest BCUT2D eigenvalue weighted by Gasteiger charge is -2.26.